The SMILES string of the molecule is CCCCc1ccc2oc3c(-c4ccc(-c5cc6ccccc6c6ccccc56)cc4)cc(C4C5C(C)C45)cc3c2c1. The van der Waals surface area contributed by atoms with E-state index >= 15 is 0 Å². The zero-order valence-electron chi connectivity index (χ0n) is 24.2. The van der Waals surface area contributed by atoms with Gasteiger partial charge < -0.3 is 4.42 Å². The summed E-state index contributed by atoms with van der Waals surface area (Å²) in [5, 5.41) is 7.74. The molecule has 1 nitrogen and oxygen atoms in total. The number of aryl methyl sites for hydroxylation is 1. The minimum Gasteiger partial charge on any atom is -0.455 e. The maximum atomic E-state index is 6.63. The summed E-state index contributed by atoms with van der Waals surface area (Å²) in [6.07, 6.45) is 3.56. The van der Waals surface area contributed by atoms with Crippen LogP contribution in [0.5, 0.6) is 0 Å². The van der Waals surface area contributed by atoms with E-state index in [4.69, 9.17) is 4.42 Å². The van der Waals surface area contributed by atoms with E-state index in [-0.39, 0.29) is 0 Å². The molecule has 1 heteroatoms. The molecule has 0 spiro atoms. The van der Waals surface area contributed by atoms with Gasteiger partial charge in [-0.25, -0.2) is 0 Å². The lowest BCUT2D eigenvalue weighted by molar-refractivity contribution is 0.607. The molecular weight excluding hydrogens is 508 g/mol. The molecular formula is C41H34O. The van der Waals surface area contributed by atoms with Gasteiger partial charge in [0.05, 0.1) is 0 Å². The van der Waals surface area contributed by atoms with Crippen LogP contribution in [0.4, 0.5) is 0 Å². The summed E-state index contributed by atoms with van der Waals surface area (Å²) in [7, 11) is 0. The van der Waals surface area contributed by atoms with E-state index in [1.54, 1.807) is 0 Å². The highest BCUT2D eigenvalue weighted by Gasteiger charge is 2.71. The van der Waals surface area contributed by atoms with Crippen molar-refractivity contribution in [2.24, 2.45) is 17.8 Å². The van der Waals surface area contributed by atoms with Gasteiger partial charge in [0.2, 0.25) is 0 Å². The molecule has 2 saturated carbocycles. The average Bonchev–Trinajstić information content (AvgIpc) is 3.92. The highest BCUT2D eigenvalue weighted by Crippen LogP contribution is 2.77. The Morgan fingerprint density at radius 2 is 1.33 bits per heavy atom. The topological polar surface area (TPSA) is 13.1 Å². The summed E-state index contributed by atoms with van der Waals surface area (Å²) in [4.78, 5) is 0. The predicted molar refractivity (Wildman–Crippen MR) is 177 cm³/mol. The molecule has 2 aliphatic carbocycles. The van der Waals surface area contributed by atoms with E-state index in [0.29, 0.717) is 0 Å². The van der Waals surface area contributed by atoms with Crippen LogP contribution in [-0.2, 0) is 6.42 Å². The number of hydrogen-bond donors (Lipinski definition) is 0. The standard InChI is InChI=1S/C41H34O/c1-3-4-9-25-14-19-37-35(20-25)36-23-29(40-38-24(2)39(38)40)22-34(41(36)42-37)27-17-15-26(16-18-27)33-21-28-10-5-6-11-30(28)31-12-7-8-13-32(31)33/h5-8,10-24,38-40H,3-4,9H2,1-2H3. The lowest BCUT2D eigenvalue weighted by Gasteiger charge is -2.13. The molecule has 0 aliphatic heterocycles. The summed E-state index contributed by atoms with van der Waals surface area (Å²) in [5.74, 6) is 3.39. The fourth-order valence-corrected chi connectivity index (χ4v) is 7.85. The van der Waals surface area contributed by atoms with Crippen LogP contribution in [-0.4, -0.2) is 0 Å². The Kier molecular flexibility index (Phi) is 5.24. The molecule has 1 heterocycles. The molecule has 0 amide bonds. The maximum Gasteiger partial charge on any atom is 0.143 e. The third kappa shape index (κ3) is 3.62. The second-order valence-corrected chi connectivity index (χ2v) is 12.8. The van der Waals surface area contributed by atoms with E-state index in [9.17, 15) is 0 Å². The lowest BCUT2D eigenvalue weighted by Crippen LogP contribution is -1.96. The van der Waals surface area contributed by atoms with Crippen LogP contribution < -0.4 is 0 Å². The molecule has 7 aromatic rings. The van der Waals surface area contributed by atoms with Crippen molar-refractivity contribution in [1.29, 1.82) is 0 Å². The van der Waals surface area contributed by atoms with E-state index in [0.717, 1.165) is 41.3 Å². The van der Waals surface area contributed by atoms with E-state index in [2.05, 4.69) is 123 Å². The first-order valence-electron chi connectivity index (χ1n) is 15.7. The van der Waals surface area contributed by atoms with E-state index in [1.807, 2.05) is 0 Å². The van der Waals surface area contributed by atoms with Crippen molar-refractivity contribution >= 4 is 43.5 Å². The van der Waals surface area contributed by atoms with Gasteiger partial charge in [-0.05, 0) is 116 Å². The first-order chi connectivity index (χ1) is 20.7. The van der Waals surface area contributed by atoms with Gasteiger partial charge in [0, 0.05) is 16.3 Å². The zero-order valence-corrected chi connectivity index (χ0v) is 24.2. The van der Waals surface area contributed by atoms with Crippen LogP contribution in [0.15, 0.2) is 114 Å². The van der Waals surface area contributed by atoms with Crippen LogP contribution in [0.25, 0.3) is 65.7 Å². The molecule has 0 saturated heterocycles. The molecule has 1 aromatic heterocycles. The molecule has 0 radical (unpaired) electrons. The third-order valence-electron chi connectivity index (χ3n) is 10.3. The molecule has 42 heavy (non-hydrogen) atoms. The Hall–Kier alpha value is -4.36. The first-order valence-corrected chi connectivity index (χ1v) is 15.7. The summed E-state index contributed by atoms with van der Waals surface area (Å²) >= 11 is 0. The van der Waals surface area contributed by atoms with Gasteiger partial charge in [-0.3, -0.25) is 0 Å². The van der Waals surface area contributed by atoms with Crippen molar-refractivity contribution in [1.82, 2.24) is 0 Å². The fraction of sp³-hybridized carbons (Fsp3) is 0.220. The van der Waals surface area contributed by atoms with Crippen molar-refractivity contribution in [2.45, 2.75) is 39.0 Å². The summed E-state index contributed by atoms with van der Waals surface area (Å²) in [6, 6.07) is 40.8. The molecule has 9 rings (SSSR count). The van der Waals surface area contributed by atoms with Crippen LogP contribution in [0.1, 0.15) is 43.7 Å². The molecule has 2 unspecified atom stereocenters. The van der Waals surface area contributed by atoms with Crippen LogP contribution in [0, 0.1) is 17.8 Å². The summed E-state index contributed by atoms with van der Waals surface area (Å²) < 4.78 is 6.63. The number of hydrogen-bond acceptors (Lipinski definition) is 1. The summed E-state index contributed by atoms with van der Waals surface area (Å²) in [6.45, 7) is 4.67. The van der Waals surface area contributed by atoms with Crippen molar-refractivity contribution in [3.63, 3.8) is 0 Å². The Labute approximate surface area is 246 Å². The minimum atomic E-state index is 0.722. The smallest absolute Gasteiger partial charge is 0.143 e. The van der Waals surface area contributed by atoms with E-state index in [1.165, 1.54) is 78.5 Å². The zero-order chi connectivity index (χ0) is 27.9. The predicted octanol–water partition coefficient (Wildman–Crippen LogP) is 11.5. The maximum absolute atomic E-state index is 6.63. The Morgan fingerprint density at radius 1 is 0.619 bits per heavy atom. The number of unbranched alkanes of at least 4 members (excludes halogenated alkanes) is 1. The van der Waals surface area contributed by atoms with Crippen LogP contribution >= 0.6 is 0 Å². The molecule has 6 aromatic carbocycles. The largest absolute Gasteiger partial charge is 0.455 e. The molecule has 0 N–H and O–H groups in total. The number of fused-ring (bicyclic) bond motifs is 7. The molecule has 2 fully saturated rings. The second-order valence-electron chi connectivity index (χ2n) is 12.8. The number of rotatable bonds is 6. The Bertz CT molecular complexity index is 2150. The normalized spacial score (nSPS) is 20.9. The van der Waals surface area contributed by atoms with Crippen LogP contribution in [0.2, 0.25) is 0 Å². The van der Waals surface area contributed by atoms with Gasteiger partial charge in [0.15, 0.2) is 0 Å². The van der Waals surface area contributed by atoms with Crippen LogP contribution in [0.3, 0.4) is 0 Å². The molecule has 0 bridgehead atoms. The van der Waals surface area contributed by atoms with E-state index < -0.39 is 0 Å². The lowest BCUT2D eigenvalue weighted by atomic mass is 9.90. The van der Waals surface area contributed by atoms with Crippen molar-refractivity contribution in [3.8, 4) is 22.3 Å². The third-order valence-corrected chi connectivity index (χ3v) is 10.3. The summed E-state index contributed by atoms with van der Waals surface area (Å²) in [5.41, 5.74) is 9.90. The number of benzene rings is 6. The molecule has 204 valence electrons. The second kappa shape index (κ2) is 9.07. The van der Waals surface area contributed by atoms with Gasteiger partial charge in [-0.1, -0.05) is 99.1 Å². The minimum absolute atomic E-state index is 0.722. The quantitative estimate of drug-likeness (QED) is 0.190. The van der Waals surface area contributed by atoms with Crippen molar-refractivity contribution in [2.75, 3.05) is 0 Å². The highest BCUT2D eigenvalue weighted by atomic mass is 16.3. The van der Waals surface area contributed by atoms with Gasteiger partial charge in [-0.15, -0.1) is 0 Å². The van der Waals surface area contributed by atoms with Gasteiger partial charge >= 0.3 is 0 Å². The van der Waals surface area contributed by atoms with Crippen molar-refractivity contribution < 1.29 is 4.42 Å². The van der Waals surface area contributed by atoms with Gasteiger partial charge in [0.1, 0.15) is 11.2 Å². The van der Waals surface area contributed by atoms with Crippen molar-refractivity contribution in [3.05, 3.63) is 120 Å². The Morgan fingerprint density at radius 3 is 2.10 bits per heavy atom. The highest BCUT2D eigenvalue weighted by molar-refractivity contribution is 6.14. The Balaban J connectivity index is 1.19. The van der Waals surface area contributed by atoms with Gasteiger partial charge in [0.25, 0.3) is 0 Å². The molecule has 2 aliphatic rings. The average molecular weight is 543 g/mol. The first kappa shape index (κ1) is 24.3. The van der Waals surface area contributed by atoms with Gasteiger partial charge in [-0.2, -0.15) is 0 Å². The monoisotopic (exact) mass is 542 g/mol. The fourth-order valence-electron chi connectivity index (χ4n) is 7.85. The number of furan rings is 1. The molecule has 2 atom stereocenters.